The molecule has 1 N–H and O–H groups in total. The highest BCUT2D eigenvalue weighted by atomic mass is 35.5. The van der Waals surface area contributed by atoms with Gasteiger partial charge in [-0.3, -0.25) is 0 Å². The summed E-state index contributed by atoms with van der Waals surface area (Å²) in [5, 5.41) is 22.4. The molecule has 0 amide bonds. The van der Waals surface area contributed by atoms with Crippen LogP contribution in [0.3, 0.4) is 0 Å². The highest BCUT2D eigenvalue weighted by Crippen LogP contribution is 2.35. The van der Waals surface area contributed by atoms with Gasteiger partial charge < -0.3 is 19.8 Å². The van der Waals surface area contributed by atoms with Gasteiger partial charge in [0.1, 0.15) is 10.0 Å². The van der Waals surface area contributed by atoms with E-state index in [1.807, 2.05) is 0 Å². The fraction of sp³-hybridized carbons (Fsp3) is 0.421. The second-order valence-electron chi connectivity index (χ2n) is 6.45. The second-order valence-corrected chi connectivity index (χ2v) is 7.26. The van der Waals surface area contributed by atoms with E-state index in [-0.39, 0.29) is 22.6 Å². The Morgan fingerprint density at radius 2 is 1.85 bits per heavy atom. The number of halogens is 2. The third kappa shape index (κ3) is 4.34. The van der Waals surface area contributed by atoms with Gasteiger partial charge in [0.25, 0.3) is 0 Å². The first-order chi connectivity index (χ1) is 12.5. The summed E-state index contributed by atoms with van der Waals surface area (Å²) in [6, 6.07) is 5.35. The third-order valence-electron chi connectivity index (χ3n) is 4.62. The Labute approximate surface area is 162 Å². The molecule has 0 radical (unpaired) electrons. The van der Waals surface area contributed by atoms with Crippen LogP contribution in [0.15, 0.2) is 30.6 Å². The smallest absolute Gasteiger partial charge is 0.199 e. The zero-order chi connectivity index (χ0) is 18.7. The highest BCUT2D eigenvalue weighted by molar-refractivity contribution is 6.35. The molecule has 0 aliphatic heterocycles. The summed E-state index contributed by atoms with van der Waals surface area (Å²) in [4.78, 5) is 0. The van der Waals surface area contributed by atoms with Crippen LogP contribution in [0, 0.1) is 5.21 Å². The average molecular weight is 398 g/mol. The summed E-state index contributed by atoms with van der Waals surface area (Å²) < 4.78 is 12.0. The summed E-state index contributed by atoms with van der Waals surface area (Å²) in [7, 11) is 1.59. The van der Waals surface area contributed by atoms with Gasteiger partial charge in [0.15, 0.2) is 23.9 Å². The molecule has 7 heteroatoms. The maximum absolute atomic E-state index is 11.4. The lowest BCUT2D eigenvalue weighted by Gasteiger charge is -2.19. The molecule has 26 heavy (non-hydrogen) atoms. The molecule has 1 atom stereocenters. The summed E-state index contributed by atoms with van der Waals surface area (Å²) in [6.07, 6.45) is 6.36. The largest absolute Gasteiger partial charge is 0.619 e. The van der Waals surface area contributed by atoms with E-state index in [9.17, 15) is 10.3 Å². The minimum atomic E-state index is -0.843. The Balaban J connectivity index is 1.81. The van der Waals surface area contributed by atoms with Crippen molar-refractivity contribution in [3.8, 4) is 11.5 Å². The molecule has 1 heterocycles. The van der Waals surface area contributed by atoms with Crippen molar-refractivity contribution in [1.29, 1.82) is 0 Å². The van der Waals surface area contributed by atoms with Gasteiger partial charge in [0.2, 0.25) is 0 Å². The molecule has 1 aromatic heterocycles. The summed E-state index contributed by atoms with van der Waals surface area (Å²) in [5.41, 5.74) is 1.20. The molecular formula is C19H21Cl2NO4. The number of aliphatic hydroxyl groups is 1. The number of aliphatic hydroxyl groups excluding tert-OH is 1. The molecule has 0 spiro atoms. The van der Waals surface area contributed by atoms with Gasteiger partial charge in [-0.25, -0.2) is 0 Å². The molecule has 0 saturated heterocycles. The maximum Gasteiger partial charge on any atom is 0.199 e. The third-order valence-corrected chi connectivity index (χ3v) is 5.27. The molecule has 1 fully saturated rings. The Morgan fingerprint density at radius 3 is 2.46 bits per heavy atom. The molecule has 1 aromatic carbocycles. The predicted molar refractivity (Wildman–Crippen MR) is 100.0 cm³/mol. The van der Waals surface area contributed by atoms with Crippen LogP contribution in [-0.2, 0) is 6.42 Å². The molecule has 5 nitrogen and oxygen atoms in total. The van der Waals surface area contributed by atoms with E-state index in [0.29, 0.717) is 27.4 Å². The number of hydrogen-bond acceptors (Lipinski definition) is 4. The lowest BCUT2D eigenvalue weighted by atomic mass is 10.0. The molecular weight excluding hydrogens is 377 g/mol. The van der Waals surface area contributed by atoms with Crippen molar-refractivity contribution in [1.82, 2.24) is 0 Å². The molecule has 3 rings (SSSR count). The van der Waals surface area contributed by atoms with Crippen LogP contribution in [0.25, 0.3) is 0 Å². The molecule has 1 aliphatic carbocycles. The summed E-state index contributed by atoms with van der Waals surface area (Å²) in [6.45, 7) is 0. The number of pyridine rings is 1. The second kappa shape index (κ2) is 8.33. The fourth-order valence-corrected chi connectivity index (χ4v) is 3.81. The lowest BCUT2D eigenvalue weighted by Crippen LogP contribution is -2.25. The molecule has 2 aromatic rings. The van der Waals surface area contributed by atoms with Crippen molar-refractivity contribution < 1.29 is 19.3 Å². The minimum Gasteiger partial charge on any atom is -0.619 e. The number of rotatable bonds is 6. The molecule has 0 unspecified atom stereocenters. The van der Waals surface area contributed by atoms with Gasteiger partial charge in [-0.15, -0.1) is 0 Å². The van der Waals surface area contributed by atoms with E-state index in [1.54, 1.807) is 25.3 Å². The fourth-order valence-electron chi connectivity index (χ4n) is 3.22. The van der Waals surface area contributed by atoms with E-state index in [1.165, 1.54) is 25.2 Å². The monoisotopic (exact) mass is 397 g/mol. The van der Waals surface area contributed by atoms with Crippen LogP contribution in [0.5, 0.6) is 11.5 Å². The van der Waals surface area contributed by atoms with Gasteiger partial charge >= 0.3 is 0 Å². The molecule has 140 valence electrons. The number of aromatic nitrogens is 1. The van der Waals surface area contributed by atoms with E-state index >= 15 is 0 Å². The minimum absolute atomic E-state index is 0.182. The van der Waals surface area contributed by atoms with Crippen molar-refractivity contribution in [3.05, 3.63) is 57.0 Å². The Bertz CT molecular complexity index is 755. The van der Waals surface area contributed by atoms with Crippen LogP contribution in [0.1, 0.15) is 42.9 Å². The van der Waals surface area contributed by atoms with Gasteiger partial charge in [0, 0.05) is 12.0 Å². The first kappa shape index (κ1) is 19.1. The number of hydrogen-bond donors (Lipinski definition) is 1. The van der Waals surface area contributed by atoms with Gasteiger partial charge in [-0.1, -0.05) is 29.3 Å². The predicted octanol–water partition coefficient (Wildman–Crippen LogP) is 4.23. The van der Waals surface area contributed by atoms with Crippen LogP contribution in [-0.4, -0.2) is 18.3 Å². The van der Waals surface area contributed by atoms with Crippen molar-refractivity contribution in [3.63, 3.8) is 0 Å². The van der Waals surface area contributed by atoms with Crippen molar-refractivity contribution in [2.45, 2.75) is 44.3 Å². The van der Waals surface area contributed by atoms with Crippen LogP contribution < -0.4 is 14.2 Å². The summed E-state index contributed by atoms with van der Waals surface area (Å²) >= 11 is 12.2. The van der Waals surface area contributed by atoms with Crippen molar-refractivity contribution in [2.24, 2.45) is 0 Å². The standard InChI is InChI=1S/C19H21Cl2NO4/c1-25-18-7-6-12(8-19(18)26-13-4-2-3-5-13)17(23)9-14-15(20)10-22(24)11-16(14)21/h6-8,10-11,13,17,23H,2-5,9H2,1H3/t17-/m1/s1. The number of benzene rings is 1. The van der Waals surface area contributed by atoms with E-state index in [0.717, 1.165) is 12.8 Å². The van der Waals surface area contributed by atoms with E-state index in [4.69, 9.17) is 32.7 Å². The molecule has 1 aliphatic rings. The van der Waals surface area contributed by atoms with Crippen LogP contribution in [0.2, 0.25) is 10.0 Å². The van der Waals surface area contributed by atoms with E-state index < -0.39 is 6.10 Å². The Morgan fingerprint density at radius 1 is 1.19 bits per heavy atom. The van der Waals surface area contributed by atoms with Gasteiger partial charge in [0.05, 0.1) is 19.3 Å². The SMILES string of the molecule is COc1ccc([C@H](O)Cc2c(Cl)c[n+]([O-])cc2Cl)cc1OC1CCCC1. The first-order valence-electron chi connectivity index (χ1n) is 8.57. The number of methoxy groups -OCH3 is 1. The highest BCUT2D eigenvalue weighted by Gasteiger charge is 2.21. The maximum atomic E-state index is 11.4. The zero-order valence-electron chi connectivity index (χ0n) is 14.5. The average Bonchev–Trinajstić information content (AvgIpc) is 3.11. The Hall–Kier alpha value is -1.69. The first-order valence-corrected chi connectivity index (χ1v) is 9.33. The van der Waals surface area contributed by atoms with Crippen molar-refractivity contribution >= 4 is 23.2 Å². The topological polar surface area (TPSA) is 65.6 Å². The van der Waals surface area contributed by atoms with E-state index in [2.05, 4.69) is 0 Å². The summed E-state index contributed by atoms with van der Waals surface area (Å²) in [5.74, 6) is 1.26. The van der Waals surface area contributed by atoms with Gasteiger partial charge in [-0.05, 0) is 43.4 Å². The Kier molecular flexibility index (Phi) is 6.12. The van der Waals surface area contributed by atoms with Crippen LogP contribution in [0.4, 0.5) is 0 Å². The quantitative estimate of drug-likeness (QED) is 0.584. The lowest BCUT2D eigenvalue weighted by molar-refractivity contribution is -0.605. The normalized spacial score (nSPS) is 15.8. The van der Waals surface area contributed by atoms with Crippen molar-refractivity contribution in [2.75, 3.05) is 7.11 Å². The zero-order valence-corrected chi connectivity index (χ0v) is 16.0. The molecule has 0 bridgehead atoms. The molecule has 1 saturated carbocycles. The number of nitrogens with zero attached hydrogens (tertiary/aromatic N) is 1. The van der Waals surface area contributed by atoms with Gasteiger partial charge in [-0.2, -0.15) is 4.73 Å². The van der Waals surface area contributed by atoms with Crippen LogP contribution >= 0.6 is 23.2 Å². The number of ether oxygens (including phenoxy) is 2.